The fourth-order valence-electron chi connectivity index (χ4n) is 0.847. The Morgan fingerprint density at radius 2 is 1.21 bits per heavy atom. The van der Waals surface area contributed by atoms with Crippen molar-refractivity contribution < 1.29 is 35.8 Å². The maximum atomic E-state index is 11.9. The third-order valence-corrected chi connectivity index (χ3v) is 1.32. The van der Waals surface area contributed by atoms with E-state index in [4.69, 9.17) is 0 Å². The lowest BCUT2D eigenvalue weighted by Gasteiger charge is -2.15. The second kappa shape index (κ2) is 3.25. The van der Waals surface area contributed by atoms with Crippen LogP contribution in [0.3, 0.4) is 0 Å². The number of halogens is 6. The number of rotatable bonds is 0. The summed E-state index contributed by atoms with van der Waals surface area (Å²) in [6.07, 6.45) is -11.1. The molecule has 82 valence electrons. The highest BCUT2D eigenvalue weighted by Gasteiger charge is 2.55. The highest BCUT2D eigenvalue weighted by molar-refractivity contribution is 5.17. The third kappa shape index (κ3) is 2.24. The molecule has 2 nitrogen and oxygen atoms in total. The molecule has 1 saturated heterocycles. The molecule has 1 aliphatic heterocycles. The molecule has 0 bridgehead atoms. The van der Waals surface area contributed by atoms with Crippen molar-refractivity contribution in [3.05, 3.63) is 11.5 Å². The van der Waals surface area contributed by atoms with E-state index in [2.05, 4.69) is 9.47 Å². The number of hydrogen-bond acceptors (Lipinski definition) is 2. The molecule has 0 spiro atoms. The summed E-state index contributed by atoms with van der Waals surface area (Å²) in [5, 5.41) is 0. The molecule has 0 unspecified atom stereocenters. The summed E-state index contributed by atoms with van der Waals surface area (Å²) < 4.78 is 79.8. The predicted molar refractivity (Wildman–Crippen MR) is 31.0 cm³/mol. The van der Waals surface area contributed by atoms with Crippen molar-refractivity contribution in [2.45, 2.75) is 12.4 Å². The Morgan fingerprint density at radius 1 is 0.857 bits per heavy atom. The average molecular weight is 222 g/mol. The Bertz CT molecular complexity index is 226. The van der Waals surface area contributed by atoms with E-state index in [0.29, 0.717) is 0 Å². The van der Waals surface area contributed by atoms with Crippen LogP contribution in [-0.4, -0.2) is 25.6 Å². The van der Waals surface area contributed by atoms with Gasteiger partial charge in [-0.25, -0.2) is 0 Å². The molecule has 0 N–H and O–H groups in total. The van der Waals surface area contributed by atoms with Crippen LogP contribution < -0.4 is 0 Å². The van der Waals surface area contributed by atoms with Gasteiger partial charge in [0, 0.05) is 0 Å². The Balaban J connectivity index is 3.11. The minimum absolute atomic E-state index is 0.314. The highest BCUT2D eigenvalue weighted by Crippen LogP contribution is 2.41. The van der Waals surface area contributed by atoms with Gasteiger partial charge in [-0.15, -0.1) is 0 Å². The summed E-state index contributed by atoms with van der Waals surface area (Å²) in [5.74, 6) is -1.50. The summed E-state index contributed by atoms with van der Waals surface area (Å²) in [6, 6.07) is 0. The first-order valence-corrected chi connectivity index (χ1v) is 3.37. The summed E-state index contributed by atoms with van der Waals surface area (Å²) in [7, 11) is 0. The van der Waals surface area contributed by atoms with Crippen LogP contribution in [0.25, 0.3) is 0 Å². The number of alkyl halides is 6. The van der Waals surface area contributed by atoms with Crippen LogP contribution in [0.2, 0.25) is 0 Å². The molecule has 0 amide bonds. The molecule has 0 aromatic carbocycles. The van der Waals surface area contributed by atoms with Crippen molar-refractivity contribution in [2.24, 2.45) is 0 Å². The lowest BCUT2D eigenvalue weighted by Crippen LogP contribution is -2.28. The molecule has 0 aromatic heterocycles. The van der Waals surface area contributed by atoms with Crippen molar-refractivity contribution in [1.29, 1.82) is 0 Å². The van der Waals surface area contributed by atoms with Gasteiger partial charge in [-0.1, -0.05) is 0 Å². The molecule has 8 heteroatoms. The van der Waals surface area contributed by atoms with Crippen LogP contribution in [0.15, 0.2) is 11.5 Å². The zero-order valence-corrected chi connectivity index (χ0v) is 6.50. The summed E-state index contributed by atoms with van der Waals surface area (Å²) in [6.45, 7) is -0.629. The standard InChI is InChI=1S/C6H4F6O2/c7-5(8,9)3(6(10,11)12)4-13-1-2-14-4/h1-2H2. The monoisotopic (exact) mass is 222 g/mol. The van der Waals surface area contributed by atoms with Gasteiger partial charge in [-0.05, 0) is 0 Å². The van der Waals surface area contributed by atoms with Crippen molar-refractivity contribution in [1.82, 2.24) is 0 Å². The van der Waals surface area contributed by atoms with Crippen LogP contribution in [0.5, 0.6) is 0 Å². The molecule has 1 fully saturated rings. The first-order chi connectivity index (χ1) is 6.23. The lowest BCUT2D eigenvalue weighted by molar-refractivity contribution is -0.179. The Labute approximate surface area is 74.1 Å². The smallest absolute Gasteiger partial charge is 0.428 e. The molecule has 14 heavy (non-hydrogen) atoms. The van der Waals surface area contributed by atoms with E-state index < -0.39 is 23.9 Å². The van der Waals surface area contributed by atoms with Crippen LogP contribution in [0.1, 0.15) is 0 Å². The third-order valence-electron chi connectivity index (χ3n) is 1.32. The van der Waals surface area contributed by atoms with Gasteiger partial charge in [-0.2, -0.15) is 26.3 Å². The molecule has 0 aliphatic carbocycles. The van der Waals surface area contributed by atoms with Crippen molar-refractivity contribution in [2.75, 3.05) is 13.2 Å². The van der Waals surface area contributed by atoms with E-state index >= 15 is 0 Å². The SMILES string of the molecule is FC(F)(F)C(=C1OCCO1)C(F)(F)F. The van der Waals surface area contributed by atoms with Crippen LogP contribution in [-0.2, 0) is 9.47 Å². The normalized spacial score (nSPS) is 17.7. The maximum Gasteiger partial charge on any atom is 0.428 e. The molecule has 0 aromatic rings. The predicted octanol–water partition coefficient (Wildman–Crippen LogP) is 2.37. The molecule has 0 atom stereocenters. The zero-order chi connectivity index (χ0) is 11.0. The molecule has 1 heterocycles. The molecular weight excluding hydrogens is 218 g/mol. The lowest BCUT2D eigenvalue weighted by atomic mass is 10.2. The highest BCUT2D eigenvalue weighted by atomic mass is 19.4. The zero-order valence-electron chi connectivity index (χ0n) is 6.50. The van der Waals surface area contributed by atoms with Gasteiger partial charge in [-0.3, -0.25) is 0 Å². The Kier molecular flexibility index (Phi) is 2.55. The summed E-state index contributed by atoms with van der Waals surface area (Å²) in [5.41, 5.74) is -2.73. The minimum atomic E-state index is -5.53. The van der Waals surface area contributed by atoms with E-state index in [1.165, 1.54) is 0 Å². The summed E-state index contributed by atoms with van der Waals surface area (Å²) in [4.78, 5) is 0. The Morgan fingerprint density at radius 3 is 1.50 bits per heavy atom. The van der Waals surface area contributed by atoms with Gasteiger partial charge in [0.05, 0.1) is 0 Å². The molecule has 0 saturated carbocycles. The topological polar surface area (TPSA) is 18.5 Å². The van der Waals surface area contributed by atoms with Gasteiger partial charge in [0.25, 0.3) is 5.95 Å². The summed E-state index contributed by atoms with van der Waals surface area (Å²) >= 11 is 0. The number of allylic oxidation sites excluding steroid dienone is 1. The first kappa shape index (κ1) is 11.0. The van der Waals surface area contributed by atoms with E-state index in [9.17, 15) is 26.3 Å². The number of ether oxygens (including phenoxy) is 2. The van der Waals surface area contributed by atoms with Gasteiger partial charge in [0.2, 0.25) is 5.57 Å². The minimum Gasteiger partial charge on any atom is -0.461 e. The number of hydrogen-bond donors (Lipinski definition) is 0. The van der Waals surface area contributed by atoms with Gasteiger partial charge < -0.3 is 9.47 Å². The average Bonchev–Trinajstić information content (AvgIpc) is 2.31. The second-order valence-corrected chi connectivity index (χ2v) is 2.35. The quantitative estimate of drug-likeness (QED) is 0.586. The van der Waals surface area contributed by atoms with E-state index in [1.54, 1.807) is 0 Å². The molecule has 0 radical (unpaired) electrons. The van der Waals surface area contributed by atoms with E-state index in [0.717, 1.165) is 0 Å². The fourth-order valence-corrected chi connectivity index (χ4v) is 0.847. The van der Waals surface area contributed by atoms with Crippen molar-refractivity contribution >= 4 is 0 Å². The van der Waals surface area contributed by atoms with Gasteiger partial charge >= 0.3 is 12.4 Å². The van der Waals surface area contributed by atoms with E-state index in [-0.39, 0.29) is 13.2 Å². The van der Waals surface area contributed by atoms with Crippen molar-refractivity contribution in [3.63, 3.8) is 0 Å². The Hall–Kier alpha value is -1.08. The van der Waals surface area contributed by atoms with Crippen LogP contribution >= 0.6 is 0 Å². The second-order valence-electron chi connectivity index (χ2n) is 2.35. The van der Waals surface area contributed by atoms with Crippen LogP contribution in [0, 0.1) is 0 Å². The molecular formula is C6H4F6O2. The van der Waals surface area contributed by atoms with Crippen molar-refractivity contribution in [3.8, 4) is 0 Å². The molecule has 1 aliphatic rings. The molecule has 1 rings (SSSR count). The fraction of sp³-hybridized carbons (Fsp3) is 0.667. The maximum absolute atomic E-state index is 11.9. The first-order valence-electron chi connectivity index (χ1n) is 3.37. The van der Waals surface area contributed by atoms with Crippen LogP contribution in [0.4, 0.5) is 26.3 Å². The van der Waals surface area contributed by atoms with Gasteiger partial charge in [0.1, 0.15) is 13.2 Å². The largest absolute Gasteiger partial charge is 0.461 e. The van der Waals surface area contributed by atoms with E-state index in [1.807, 2.05) is 0 Å². The van der Waals surface area contributed by atoms with Gasteiger partial charge in [0.15, 0.2) is 0 Å².